The first-order valence-corrected chi connectivity index (χ1v) is 5.89. The Labute approximate surface area is 109 Å². The zero-order valence-corrected chi connectivity index (χ0v) is 10.3. The van der Waals surface area contributed by atoms with Crippen LogP contribution in [0, 0.1) is 10.1 Å². The Morgan fingerprint density at radius 1 is 1.47 bits per heavy atom. The number of benzene rings is 1. The van der Waals surface area contributed by atoms with Gasteiger partial charge in [-0.05, 0) is 5.56 Å². The van der Waals surface area contributed by atoms with Gasteiger partial charge in [0.2, 0.25) is 0 Å². The summed E-state index contributed by atoms with van der Waals surface area (Å²) < 4.78 is 10.2. The van der Waals surface area contributed by atoms with Gasteiger partial charge in [-0.1, -0.05) is 12.1 Å². The number of nitro groups is 1. The van der Waals surface area contributed by atoms with E-state index in [1.54, 1.807) is 17.0 Å². The van der Waals surface area contributed by atoms with Gasteiger partial charge in [-0.25, -0.2) is 4.79 Å². The van der Waals surface area contributed by atoms with Gasteiger partial charge in [0.15, 0.2) is 0 Å². The molecule has 7 nitrogen and oxygen atoms in total. The lowest BCUT2D eigenvalue weighted by Crippen LogP contribution is -2.28. The Bertz CT molecular complexity index is 477. The van der Waals surface area contributed by atoms with Crippen molar-refractivity contribution >= 4 is 11.8 Å². The third-order valence-electron chi connectivity index (χ3n) is 2.74. The van der Waals surface area contributed by atoms with Crippen LogP contribution in [0.1, 0.15) is 5.56 Å². The van der Waals surface area contributed by atoms with Gasteiger partial charge in [0, 0.05) is 18.7 Å². The number of amides is 1. The molecule has 7 heteroatoms. The molecule has 0 N–H and O–H groups in total. The van der Waals surface area contributed by atoms with Crippen molar-refractivity contribution in [3.63, 3.8) is 0 Å². The van der Waals surface area contributed by atoms with Crippen LogP contribution in [0.5, 0.6) is 0 Å². The van der Waals surface area contributed by atoms with Crippen molar-refractivity contribution in [2.45, 2.75) is 6.61 Å². The summed E-state index contributed by atoms with van der Waals surface area (Å²) in [4.78, 5) is 22.9. The van der Waals surface area contributed by atoms with Crippen LogP contribution < -0.4 is 0 Å². The molecule has 2 rings (SSSR count). The Kier molecular flexibility index (Phi) is 4.30. The van der Waals surface area contributed by atoms with Crippen LogP contribution in [0.2, 0.25) is 0 Å². The van der Waals surface area contributed by atoms with E-state index >= 15 is 0 Å². The second-order valence-corrected chi connectivity index (χ2v) is 4.08. The molecule has 1 fully saturated rings. The van der Waals surface area contributed by atoms with E-state index in [1.807, 2.05) is 0 Å². The number of carbonyl (C=O) groups is 1. The van der Waals surface area contributed by atoms with E-state index in [0.29, 0.717) is 26.3 Å². The summed E-state index contributed by atoms with van der Waals surface area (Å²) in [5.41, 5.74) is 0.780. The van der Waals surface area contributed by atoms with Crippen LogP contribution in [0.25, 0.3) is 0 Å². The molecule has 1 aliphatic rings. The predicted molar refractivity (Wildman–Crippen MR) is 65.7 cm³/mol. The van der Waals surface area contributed by atoms with Crippen molar-refractivity contribution in [1.29, 1.82) is 0 Å². The first-order chi connectivity index (χ1) is 9.16. The van der Waals surface area contributed by atoms with Crippen molar-refractivity contribution in [3.05, 3.63) is 39.9 Å². The number of nitrogens with zero attached hydrogens (tertiary/aromatic N) is 2. The maximum Gasteiger partial charge on any atom is 0.410 e. The third kappa shape index (κ3) is 3.65. The predicted octanol–water partition coefficient (Wildman–Crippen LogP) is 1.56. The van der Waals surface area contributed by atoms with Gasteiger partial charge in [0.25, 0.3) is 5.69 Å². The average Bonchev–Trinajstić information content (AvgIpc) is 2.81. The standard InChI is InChI=1S/C12H14N2O5/c15-12-13(5-7-19-12)4-6-18-9-10-2-1-3-11(8-10)14(16)17/h1-3,8H,4-7,9H2. The molecule has 0 spiro atoms. The van der Waals surface area contributed by atoms with Crippen molar-refractivity contribution < 1.29 is 19.2 Å². The zero-order chi connectivity index (χ0) is 13.7. The number of ether oxygens (including phenoxy) is 2. The fourth-order valence-electron chi connectivity index (χ4n) is 1.75. The second-order valence-electron chi connectivity index (χ2n) is 4.08. The van der Waals surface area contributed by atoms with Crippen molar-refractivity contribution in [2.75, 3.05) is 26.3 Å². The Morgan fingerprint density at radius 2 is 2.32 bits per heavy atom. The summed E-state index contributed by atoms with van der Waals surface area (Å²) in [7, 11) is 0. The van der Waals surface area contributed by atoms with E-state index < -0.39 is 4.92 Å². The first kappa shape index (κ1) is 13.3. The molecule has 0 unspecified atom stereocenters. The number of hydrogen-bond donors (Lipinski definition) is 0. The number of rotatable bonds is 6. The van der Waals surface area contributed by atoms with Crippen LogP contribution in [0.4, 0.5) is 10.5 Å². The summed E-state index contributed by atoms with van der Waals surface area (Å²) in [5, 5.41) is 10.6. The lowest BCUT2D eigenvalue weighted by molar-refractivity contribution is -0.384. The van der Waals surface area contributed by atoms with E-state index in [4.69, 9.17) is 9.47 Å². The number of hydrogen-bond acceptors (Lipinski definition) is 5. The van der Waals surface area contributed by atoms with Gasteiger partial charge in [-0.15, -0.1) is 0 Å². The minimum Gasteiger partial charge on any atom is -0.448 e. The summed E-state index contributed by atoms with van der Waals surface area (Å²) in [6, 6.07) is 6.29. The van der Waals surface area contributed by atoms with Crippen LogP contribution in [0.3, 0.4) is 0 Å². The average molecular weight is 266 g/mol. The summed E-state index contributed by atoms with van der Waals surface area (Å²) in [6.45, 7) is 2.12. The molecule has 0 atom stereocenters. The van der Waals surface area contributed by atoms with E-state index in [1.165, 1.54) is 12.1 Å². The Hall–Kier alpha value is -2.15. The first-order valence-electron chi connectivity index (χ1n) is 5.89. The normalized spacial score (nSPS) is 14.5. The van der Waals surface area contributed by atoms with E-state index in [-0.39, 0.29) is 18.4 Å². The molecule has 0 saturated carbocycles. The number of cyclic esters (lactones) is 1. The highest BCUT2D eigenvalue weighted by Crippen LogP contribution is 2.13. The molecule has 0 aliphatic carbocycles. The van der Waals surface area contributed by atoms with Gasteiger partial charge in [-0.3, -0.25) is 10.1 Å². The maximum absolute atomic E-state index is 11.1. The molecule has 0 bridgehead atoms. The van der Waals surface area contributed by atoms with Crippen molar-refractivity contribution in [1.82, 2.24) is 4.90 Å². The topological polar surface area (TPSA) is 81.9 Å². The van der Waals surface area contributed by atoms with E-state index in [2.05, 4.69) is 0 Å². The molecular weight excluding hydrogens is 252 g/mol. The highest BCUT2D eigenvalue weighted by Gasteiger charge is 2.20. The molecule has 1 aromatic carbocycles. The second kappa shape index (κ2) is 6.14. The smallest absolute Gasteiger partial charge is 0.410 e. The minimum atomic E-state index is -0.441. The highest BCUT2D eigenvalue weighted by molar-refractivity contribution is 5.69. The Balaban J connectivity index is 1.75. The van der Waals surface area contributed by atoms with Crippen LogP contribution in [-0.2, 0) is 16.1 Å². The lowest BCUT2D eigenvalue weighted by atomic mass is 10.2. The lowest BCUT2D eigenvalue weighted by Gasteiger charge is -2.12. The minimum absolute atomic E-state index is 0.0456. The van der Waals surface area contributed by atoms with Crippen LogP contribution in [0.15, 0.2) is 24.3 Å². The molecule has 1 saturated heterocycles. The fraction of sp³-hybridized carbons (Fsp3) is 0.417. The molecular formula is C12H14N2O5. The summed E-state index contributed by atoms with van der Waals surface area (Å²) in [5.74, 6) is 0. The molecule has 1 heterocycles. The van der Waals surface area contributed by atoms with Gasteiger partial charge in [-0.2, -0.15) is 0 Å². The summed E-state index contributed by atoms with van der Waals surface area (Å²) >= 11 is 0. The Morgan fingerprint density at radius 3 is 3.00 bits per heavy atom. The number of carbonyl (C=O) groups excluding carboxylic acids is 1. The SMILES string of the molecule is O=C1OCCN1CCOCc1cccc([N+](=O)[O-])c1. The summed E-state index contributed by atoms with van der Waals surface area (Å²) in [6.07, 6.45) is -0.320. The molecule has 1 amide bonds. The zero-order valence-electron chi connectivity index (χ0n) is 10.3. The van der Waals surface area contributed by atoms with Gasteiger partial charge < -0.3 is 14.4 Å². The molecule has 19 heavy (non-hydrogen) atoms. The van der Waals surface area contributed by atoms with Gasteiger partial charge in [0.1, 0.15) is 6.61 Å². The van der Waals surface area contributed by atoms with E-state index in [0.717, 1.165) is 5.56 Å². The van der Waals surface area contributed by atoms with Crippen molar-refractivity contribution in [2.24, 2.45) is 0 Å². The fourth-order valence-corrected chi connectivity index (χ4v) is 1.75. The molecule has 0 radical (unpaired) electrons. The molecule has 0 aromatic heterocycles. The quantitative estimate of drug-likeness (QED) is 0.443. The van der Waals surface area contributed by atoms with Crippen LogP contribution in [-0.4, -0.2) is 42.2 Å². The monoisotopic (exact) mass is 266 g/mol. The van der Waals surface area contributed by atoms with Crippen molar-refractivity contribution in [3.8, 4) is 0 Å². The largest absolute Gasteiger partial charge is 0.448 e. The molecule has 102 valence electrons. The highest BCUT2D eigenvalue weighted by atomic mass is 16.6. The molecule has 1 aliphatic heterocycles. The van der Waals surface area contributed by atoms with Gasteiger partial charge >= 0.3 is 6.09 Å². The number of nitro benzene ring substituents is 1. The maximum atomic E-state index is 11.1. The van der Waals surface area contributed by atoms with Gasteiger partial charge in [0.05, 0.1) is 24.7 Å². The van der Waals surface area contributed by atoms with E-state index in [9.17, 15) is 14.9 Å². The van der Waals surface area contributed by atoms with Crippen LogP contribution >= 0.6 is 0 Å². The number of non-ortho nitro benzene ring substituents is 1. The molecule has 1 aromatic rings. The third-order valence-corrected chi connectivity index (χ3v) is 2.74.